The summed E-state index contributed by atoms with van der Waals surface area (Å²) in [7, 11) is 1.29. The number of carbonyl (C=O) groups is 3. The van der Waals surface area contributed by atoms with Gasteiger partial charge in [-0.1, -0.05) is 0 Å². The summed E-state index contributed by atoms with van der Waals surface area (Å²) in [5.41, 5.74) is 0.736. The number of carbonyl (C=O) groups excluding carboxylic acids is 3. The Labute approximate surface area is 111 Å². The third-order valence-corrected chi connectivity index (χ3v) is 2.35. The maximum absolute atomic E-state index is 11.7. The Morgan fingerprint density at radius 2 is 1.63 bits per heavy atom. The second-order valence-corrected chi connectivity index (χ2v) is 3.71. The minimum Gasteiger partial charge on any atom is -0.465 e. The van der Waals surface area contributed by atoms with E-state index in [0.717, 1.165) is 0 Å². The van der Waals surface area contributed by atoms with Gasteiger partial charge in [0.15, 0.2) is 0 Å². The summed E-state index contributed by atoms with van der Waals surface area (Å²) in [6, 6.07) is 5.98. The van der Waals surface area contributed by atoms with Crippen LogP contribution in [0.5, 0.6) is 0 Å². The molecule has 6 nitrogen and oxygen atoms in total. The van der Waals surface area contributed by atoms with E-state index >= 15 is 0 Å². The molecular weight excluding hydrogens is 248 g/mol. The fourth-order valence-electron chi connectivity index (χ4n) is 1.40. The van der Waals surface area contributed by atoms with Crippen LogP contribution in [0.4, 0.5) is 0 Å². The SMILES string of the molecule is CCNC(=O)CNC(=O)c1ccc(C(=O)OC)cc1. The van der Waals surface area contributed by atoms with Crippen LogP contribution >= 0.6 is 0 Å². The van der Waals surface area contributed by atoms with Gasteiger partial charge in [-0.25, -0.2) is 4.79 Å². The summed E-state index contributed by atoms with van der Waals surface area (Å²) in [6.45, 7) is 2.24. The second kappa shape index (κ2) is 7.15. The molecule has 102 valence electrons. The first kappa shape index (κ1) is 14.7. The molecule has 0 aliphatic heterocycles. The number of nitrogens with one attached hydrogen (secondary N) is 2. The molecule has 2 amide bonds. The zero-order valence-electron chi connectivity index (χ0n) is 10.9. The molecule has 1 aromatic carbocycles. The zero-order chi connectivity index (χ0) is 14.3. The van der Waals surface area contributed by atoms with Crippen LogP contribution in [-0.4, -0.2) is 38.0 Å². The van der Waals surface area contributed by atoms with E-state index in [1.807, 2.05) is 0 Å². The maximum atomic E-state index is 11.7. The van der Waals surface area contributed by atoms with E-state index in [1.165, 1.54) is 31.4 Å². The van der Waals surface area contributed by atoms with Crippen LogP contribution in [-0.2, 0) is 9.53 Å². The first-order valence-electron chi connectivity index (χ1n) is 5.81. The number of esters is 1. The van der Waals surface area contributed by atoms with E-state index in [-0.39, 0.29) is 18.4 Å². The molecule has 0 spiro atoms. The third-order valence-electron chi connectivity index (χ3n) is 2.35. The van der Waals surface area contributed by atoms with Crippen molar-refractivity contribution >= 4 is 17.8 Å². The molecule has 1 aromatic rings. The Morgan fingerprint density at radius 1 is 1.05 bits per heavy atom. The van der Waals surface area contributed by atoms with Crippen LogP contribution in [0.25, 0.3) is 0 Å². The minimum atomic E-state index is -0.464. The van der Waals surface area contributed by atoms with Crippen molar-refractivity contribution in [3.8, 4) is 0 Å². The molecule has 1 rings (SSSR count). The molecule has 2 N–H and O–H groups in total. The Kier molecular flexibility index (Phi) is 5.53. The third kappa shape index (κ3) is 4.42. The molecule has 0 fully saturated rings. The fourth-order valence-corrected chi connectivity index (χ4v) is 1.40. The van der Waals surface area contributed by atoms with Crippen molar-refractivity contribution in [2.75, 3.05) is 20.2 Å². The van der Waals surface area contributed by atoms with Gasteiger partial charge in [-0.2, -0.15) is 0 Å². The van der Waals surface area contributed by atoms with Crippen LogP contribution in [0.3, 0.4) is 0 Å². The summed E-state index contributed by atoms with van der Waals surface area (Å²) in [6.07, 6.45) is 0. The molecule has 6 heteroatoms. The molecule has 0 unspecified atom stereocenters. The lowest BCUT2D eigenvalue weighted by Crippen LogP contribution is -2.36. The van der Waals surface area contributed by atoms with Crippen LogP contribution in [0, 0.1) is 0 Å². The lowest BCUT2D eigenvalue weighted by molar-refractivity contribution is -0.120. The quantitative estimate of drug-likeness (QED) is 0.751. The van der Waals surface area contributed by atoms with E-state index < -0.39 is 5.97 Å². The smallest absolute Gasteiger partial charge is 0.337 e. The zero-order valence-corrected chi connectivity index (χ0v) is 10.9. The monoisotopic (exact) mass is 264 g/mol. The highest BCUT2D eigenvalue weighted by Crippen LogP contribution is 2.05. The predicted molar refractivity (Wildman–Crippen MR) is 68.8 cm³/mol. The minimum absolute atomic E-state index is 0.0779. The molecule has 0 heterocycles. The number of hydrogen-bond acceptors (Lipinski definition) is 4. The fraction of sp³-hybridized carbons (Fsp3) is 0.308. The Balaban J connectivity index is 2.58. The lowest BCUT2D eigenvalue weighted by atomic mass is 10.1. The molecular formula is C13H16N2O4. The number of ether oxygens (including phenoxy) is 1. The van der Waals surface area contributed by atoms with E-state index in [1.54, 1.807) is 6.92 Å². The van der Waals surface area contributed by atoms with Crippen molar-refractivity contribution in [1.29, 1.82) is 0 Å². The molecule has 0 aromatic heterocycles. The van der Waals surface area contributed by atoms with E-state index in [9.17, 15) is 14.4 Å². The largest absolute Gasteiger partial charge is 0.465 e. The molecule has 0 saturated heterocycles. The molecule has 0 aliphatic carbocycles. The molecule has 0 aliphatic rings. The van der Waals surface area contributed by atoms with Gasteiger partial charge in [0.1, 0.15) is 0 Å². The van der Waals surface area contributed by atoms with Crippen molar-refractivity contribution in [1.82, 2.24) is 10.6 Å². The number of amides is 2. The van der Waals surface area contributed by atoms with E-state index in [4.69, 9.17) is 0 Å². The summed E-state index contributed by atoms with van der Waals surface area (Å²) in [5, 5.41) is 5.05. The van der Waals surface area contributed by atoms with Crippen LogP contribution < -0.4 is 10.6 Å². The first-order valence-corrected chi connectivity index (χ1v) is 5.81. The number of methoxy groups -OCH3 is 1. The van der Waals surface area contributed by atoms with Gasteiger partial charge in [-0.15, -0.1) is 0 Å². The summed E-state index contributed by atoms with van der Waals surface area (Å²) < 4.78 is 4.55. The van der Waals surface area contributed by atoms with Crippen molar-refractivity contribution in [2.24, 2.45) is 0 Å². The van der Waals surface area contributed by atoms with Crippen molar-refractivity contribution in [3.05, 3.63) is 35.4 Å². The molecule has 0 bridgehead atoms. The van der Waals surface area contributed by atoms with Gasteiger partial charge in [-0.05, 0) is 31.2 Å². The van der Waals surface area contributed by atoms with Crippen molar-refractivity contribution < 1.29 is 19.1 Å². The summed E-state index contributed by atoms with van der Waals surface area (Å²) >= 11 is 0. The van der Waals surface area contributed by atoms with Gasteiger partial charge in [0, 0.05) is 12.1 Å². The standard InChI is InChI=1S/C13H16N2O4/c1-3-14-11(16)8-15-12(17)9-4-6-10(7-5-9)13(18)19-2/h4-7H,3,8H2,1-2H3,(H,14,16)(H,15,17). The Bertz CT molecular complexity index is 468. The Hall–Kier alpha value is -2.37. The predicted octanol–water partition coefficient (Wildman–Crippen LogP) is 0.339. The van der Waals surface area contributed by atoms with Crippen molar-refractivity contribution in [2.45, 2.75) is 6.92 Å². The first-order chi connectivity index (χ1) is 9.08. The lowest BCUT2D eigenvalue weighted by Gasteiger charge is -2.06. The summed E-state index contributed by atoms with van der Waals surface area (Å²) in [5.74, 6) is -1.08. The average molecular weight is 264 g/mol. The van der Waals surface area contributed by atoms with Gasteiger partial charge in [0.05, 0.1) is 19.2 Å². The second-order valence-electron chi connectivity index (χ2n) is 3.71. The average Bonchev–Trinajstić information content (AvgIpc) is 2.44. The van der Waals surface area contributed by atoms with Gasteiger partial charge in [-0.3, -0.25) is 9.59 Å². The number of benzene rings is 1. The van der Waals surface area contributed by atoms with Gasteiger partial charge in [0.2, 0.25) is 5.91 Å². The van der Waals surface area contributed by atoms with Gasteiger partial charge in [0.25, 0.3) is 5.91 Å². The van der Waals surface area contributed by atoms with Gasteiger partial charge >= 0.3 is 5.97 Å². The highest BCUT2D eigenvalue weighted by molar-refractivity contribution is 5.97. The highest BCUT2D eigenvalue weighted by Gasteiger charge is 2.09. The van der Waals surface area contributed by atoms with Crippen molar-refractivity contribution in [3.63, 3.8) is 0 Å². The Morgan fingerprint density at radius 3 is 2.16 bits per heavy atom. The molecule has 19 heavy (non-hydrogen) atoms. The van der Waals surface area contributed by atoms with Crippen LogP contribution in [0.2, 0.25) is 0 Å². The van der Waals surface area contributed by atoms with E-state index in [2.05, 4.69) is 15.4 Å². The maximum Gasteiger partial charge on any atom is 0.337 e. The van der Waals surface area contributed by atoms with Crippen LogP contribution in [0.15, 0.2) is 24.3 Å². The number of hydrogen-bond donors (Lipinski definition) is 2. The van der Waals surface area contributed by atoms with Gasteiger partial charge < -0.3 is 15.4 Å². The normalized spacial score (nSPS) is 9.58. The highest BCUT2D eigenvalue weighted by atomic mass is 16.5. The molecule has 0 radical (unpaired) electrons. The topological polar surface area (TPSA) is 84.5 Å². The number of rotatable bonds is 5. The molecule has 0 saturated carbocycles. The van der Waals surface area contributed by atoms with Crippen LogP contribution in [0.1, 0.15) is 27.6 Å². The van der Waals surface area contributed by atoms with E-state index in [0.29, 0.717) is 17.7 Å². The molecule has 0 atom stereocenters. The summed E-state index contributed by atoms with van der Waals surface area (Å²) in [4.78, 5) is 34.1. The number of likely N-dealkylation sites (N-methyl/N-ethyl adjacent to an activating group) is 1.